The molecule has 3 aromatic rings. The number of anilines is 1. The van der Waals surface area contributed by atoms with Crippen LogP contribution < -0.4 is 9.03 Å². The zero-order valence-electron chi connectivity index (χ0n) is 20.0. The molecule has 3 aromatic carbocycles. The average Bonchev–Trinajstić information content (AvgIpc) is 2.80. The Balaban J connectivity index is 2.15. The Bertz CT molecular complexity index is 1210. The smallest absolute Gasteiger partial charge is 0.426 e. The number of carboxylic acid groups (broad SMARTS) is 1. The second-order valence-electron chi connectivity index (χ2n) is 8.94. The maximum Gasteiger partial charge on any atom is 0.426 e. The van der Waals surface area contributed by atoms with Crippen LogP contribution in [-0.4, -0.2) is 26.2 Å². The lowest BCUT2D eigenvalue weighted by atomic mass is 9.65. The zero-order chi connectivity index (χ0) is 24.9. The van der Waals surface area contributed by atoms with Crippen molar-refractivity contribution in [1.82, 2.24) is 4.72 Å². The highest BCUT2D eigenvalue weighted by Gasteiger charge is 2.41. The van der Waals surface area contributed by atoms with Crippen LogP contribution in [0.4, 0.5) is 10.5 Å². The van der Waals surface area contributed by atoms with Crippen molar-refractivity contribution in [1.29, 1.82) is 0 Å². The van der Waals surface area contributed by atoms with Crippen molar-refractivity contribution in [2.75, 3.05) is 10.8 Å². The van der Waals surface area contributed by atoms with E-state index in [-0.39, 0.29) is 24.1 Å². The molecule has 0 aliphatic heterocycles. The molecule has 7 heteroatoms. The fraction of sp³-hybridized carbons (Fsp3) is 0.296. The highest BCUT2D eigenvalue weighted by Crippen LogP contribution is 2.42. The number of nitrogens with one attached hydrogen (secondary N) is 1. The van der Waals surface area contributed by atoms with Gasteiger partial charge in [-0.15, -0.1) is 0 Å². The van der Waals surface area contributed by atoms with Crippen molar-refractivity contribution < 1.29 is 18.3 Å². The summed E-state index contributed by atoms with van der Waals surface area (Å²) in [6, 6.07) is 25.7. The topological polar surface area (TPSA) is 86.7 Å². The largest absolute Gasteiger partial charge is 0.464 e. The summed E-state index contributed by atoms with van der Waals surface area (Å²) in [6.45, 7) is 8.34. The van der Waals surface area contributed by atoms with Crippen LogP contribution in [0.5, 0.6) is 0 Å². The van der Waals surface area contributed by atoms with Gasteiger partial charge in [0.15, 0.2) is 0 Å². The summed E-state index contributed by atoms with van der Waals surface area (Å²) in [5.41, 5.74) is 2.44. The molecule has 3 rings (SSSR count). The van der Waals surface area contributed by atoms with E-state index in [1.54, 1.807) is 18.2 Å². The summed E-state index contributed by atoms with van der Waals surface area (Å²) in [5, 5.41) is 9.76. The Morgan fingerprint density at radius 3 is 1.94 bits per heavy atom. The van der Waals surface area contributed by atoms with Gasteiger partial charge in [-0.1, -0.05) is 100 Å². The molecule has 1 unspecified atom stereocenters. The first-order valence-electron chi connectivity index (χ1n) is 11.3. The molecule has 0 radical (unpaired) electrons. The molecule has 180 valence electrons. The SMILES string of the molecule is CC(C)c1ccccc1C(CNS(=O)(=O)N(C(=O)O)c1ccccc1)(c1ccccc1)C(C)C. The Morgan fingerprint density at radius 1 is 0.882 bits per heavy atom. The Morgan fingerprint density at radius 2 is 1.41 bits per heavy atom. The molecule has 0 aliphatic rings. The van der Waals surface area contributed by atoms with E-state index in [1.807, 2.05) is 48.5 Å². The molecule has 34 heavy (non-hydrogen) atoms. The predicted octanol–water partition coefficient (Wildman–Crippen LogP) is 5.77. The van der Waals surface area contributed by atoms with Gasteiger partial charge in [-0.3, -0.25) is 0 Å². The van der Waals surface area contributed by atoms with E-state index in [4.69, 9.17) is 0 Å². The average molecular weight is 481 g/mol. The lowest BCUT2D eigenvalue weighted by molar-refractivity contribution is 0.206. The number of amides is 1. The highest BCUT2D eigenvalue weighted by atomic mass is 32.2. The summed E-state index contributed by atoms with van der Waals surface area (Å²) >= 11 is 0. The van der Waals surface area contributed by atoms with E-state index in [0.29, 0.717) is 4.31 Å². The van der Waals surface area contributed by atoms with E-state index in [0.717, 1.165) is 16.7 Å². The molecule has 1 atom stereocenters. The van der Waals surface area contributed by atoms with Crippen molar-refractivity contribution in [3.8, 4) is 0 Å². The minimum Gasteiger partial charge on any atom is -0.464 e. The molecule has 1 amide bonds. The third-order valence-corrected chi connectivity index (χ3v) is 7.63. The van der Waals surface area contributed by atoms with Crippen LogP contribution in [0.15, 0.2) is 84.9 Å². The highest BCUT2D eigenvalue weighted by molar-refractivity contribution is 7.91. The molecule has 0 spiro atoms. The van der Waals surface area contributed by atoms with Gasteiger partial charge in [-0.2, -0.15) is 17.4 Å². The first-order chi connectivity index (χ1) is 16.1. The number of rotatable bonds is 9. The van der Waals surface area contributed by atoms with Gasteiger partial charge in [-0.25, -0.2) is 4.79 Å². The molecule has 0 aliphatic carbocycles. The molecule has 0 bridgehead atoms. The quantitative estimate of drug-likeness (QED) is 0.407. The number of hydrogen-bond donors (Lipinski definition) is 2. The molecule has 0 saturated heterocycles. The van der Waals surface area contributed by atoms with Crippen molar-refractivity contribution >= 4 is 22.0 Å². The summed E-state index contributed by atoms with van der Waals surface area (Å²) in [5.74, 6) is 0.210. The second-order valence-corrected chi connectivity index (χ2v) is 10.5. The van der Waals surface area contributed by atoms with Gasteiger partial charge in [0.2, 0.25) is 0 Å². The van der Waals surface area contributed by atoms with Crippen LogP contribution in [0.1, 0.15) is 50.3 Å². The summed E-state index contributed by atoms with van der Waals surface area (Å²) in [6.07, 6.45) is -1.57. The lowest BCUT2D eigenvalue weighted by Gasteiger charge is -2.41. The van der Waals surface area contributed by atoms with Gasteiger partial charge >= 0.3 is 16.3 Å². The molecule has 0 aromatic heterocycles. The maximum atomic E-state index is 13.4. The minimum absolute atomic E-state index is 0.00262. The number of para-hydroxylation sites is 1. The fourth-order valence-electron chi connectivity index (χ4n) is 4.53. The molecular formula is C27H32N2O4S. The fourth-order valence-corrected chi connectivity index (χ4v) is 5.67. The minimum atomic E-state index is -4.41. The van der Waals surface area contributed by atoms with E-state index < -0.39 is 21.7 Å². The predicted molar refractivity (Wildman–Crippen MR) is 136 cm³/mol. The maximum absolute atomic E-state index is 13.4. The van der Waals surface area contributed by atoms with Crippen molar-refractivity contribution in [2.45, 2.75) is 39.0 Å². The lowest BCUT2D eigenvalue weighted by Crippen LogP contribution is -2.51. The number of hydrogen-bond acceptors (Lipinski definition) is 3. The third kappa shape index (κ3) is 5.00. The van der Waals surface area contributed by atoms with E-state index in [1.165, 1.54) is 12.1 Å². The number of carbonyl (C=O) groups is 1. The molecule has 0 fully saturated rings. The third-order valence-electron chi connectivity index (χ3n) is 6.28. The standard InChI is InChI=1S/C27H32N2O4S/c1-20(2)24-17-11-12-18-25(24)27(21(3)4,22-13-7-5-8-14-22)19-28-34(32,33)29(26(30)31)23-15-9-6-10-16-23/h5-18,20-21,28H,19H2,1-4H3,(H,30,31). The monoisotopic (exact) mass is 480 g/mol. The van der Waals surface area contributed by atoms with Crippen LogP contribution in [0.25, 0.3) is 0 Å². The first-order valence-corrected chi connectivity index (χ1v) is 12.8. The van der Waals surface area contributed by atoms with Crippen LogP contribution in [0, 0.1) is 5.92 Å². The van der Waals surface area contributed by atoms with E-state index in [9.17, 15) is 18.3 Å². The Labute approximate surface area is 202 Å². The number of nitrogens with zero attached hydrogens (tertiary/aromatic N) is 1. The van der Waals surface area contributed by atoms with Crippen LogP contribution in [0.3, 0.4) is 0 Å². The van der Waals surface area contributed by atoms with Crippen LogP contribution in [0.2, 0.25) is 0 Å². The normalized spacial score (nSPS) is 13.6. The van der Waals surface area contributed by atoms with Crippen LogP contribution in [-0.2, 0) is 15.6 Å². The van der Waals surface area contributed by atoms with E-state index >= 15 is 0 Å². The van der Waals surface area contributed by atoms with Crippen molar-refractivity contribution in [3.05, 3.63) is 102 Å². The van der Waals surface area contributed by atoms with Gasteiger partial charge in [0, 0.05) is 12.0 Å². The van der Waals surface area contributed by atoms with Crippen LogP contribution >= 0.6 is 0 Å². The van der Waals surface area contributed by atoms with Gasteiger partial charge in [0.05, 0.1) is 5.69 Å². The molecular weight excluding hydrogens is 448 g/mol. The molecule has 0 saturated carbocycles. The van der Waals surface area contributed by atoms with Gasteiger partial charge in [0.25, 0.3) is 0 Å². The Kier molecular flexibility index (Phi) is 7.79. The molecule has 0 heterocycles. The molecule has 6 nitrogen and oxygen atoms in total. The second kappa shape index (κ2) is 10.4. The van der Waals surface area contributed by atoms with Gasteiger partial charge in [0.1, 0.15) is 0 Å². The molecule has 2 N–H and O–H groups in total. The van der Waals surface area contributed by atoms with Crippen molar-refractivity contribution in [2.24, 2.45) is 5.92 Å². The summed E-state index contributed by atoms with van der Waals surface area (Å²) < 4.78 is 29.7. The van der Waals surface area contributed by atoms with Crippen molar-refractivity contribution in [3.63, 3.8) is 0 Å². The Hall–Kier alpha value is -3.16. The van der Waals surface area contributed by atoms with Gasteiger partial charge < -0.3 is 5.11 Å². The summed E-state index contributed by atoms with van der Waals surface area (Å²) in [4.78, 5) is 12.0. The van der Waals surface area contributed by atoms with Gasteiger partial charge in [-0.05, 0) is 40.7 Å². The summed E-state index contributed by atoms with van der Waals surface area (Å²) in [7, 11) is -4.41. The van der Waals surface area contributed by atoms with E-state index in [2.05, 4.69) is 38.5 Å². The number of benzene rings is 3. The first kappa shape index (κ1) is 25.5. The zero-order valence-corrected chi connectivity index (χ0v) is 20.8.